The van der Waals surface area contributed by atoms with Crippen molar-refractivity contribution in [3.8, 4) is 11.5 Å². The Hall–Kier alpha value is -2.99. The zero-order valence-corrected chi connectivity index (χ0v) is 18.6. The first-order chi connectivity index (χ1) is 15.7. The molecule has 1 fully saturated rings. The summed E-state index contributed by atoms with van der Waals surface area (Å²) in [4.78, 5) is 19.8. The van der Waals surface area contributed by atoms with Crippen LogP contribution in [0.25, 0.3) is 11.5 Å². The summed E-state index contributed by atoms with van der Waals surface area (Å²) in [7, 11) is 0. The highest BCUT2D eigenvalue weighted by Gasteiger charge is 2.29. The summed E-state index contributed by atoms with van der Waals surface area (Å²) >= 11 is 0. The number of nitrogens with one attached hydrogen (secondary N) is 1. The third-order valence-corrected chi connectivity index (χ3v) is 6.78. The van der Waals surface area contributed by atoms with Gasteiger partial charge in [-0.2, -0.15) is 4.98 Å². The molecule has 1 saturated heterocycles. The molecule has 32 heavy (non-hydrogen) atoms. The van der Waals surface area contributed by atoms with Crippen molar-refractivity contribution >= 4 is 5.91 Å². The lowest BCUT2D eigenvalue weighted by molar-refractivity contribution is -0.127. The van der Waals surface area contributed by atoms with Crippen LogP contribution in [-0.4, -0.2) is 34.0 Å². The van der Waals surface area contributed by atoms with E-state index in [0.717, 1.165) is 50.8 Å². The molecule has 3 aromatic rings. The van der Waals surface area contributed by atoms with Gasteiger partial charge in [-0.25, -0.2) is 0 Å². The highest BCUT2D eigenvalue weighted by atomic mass is 16.5. The van der Waals surface area contributed by atoms with Crippen LogP contribution in [0, 0.1) is 12.8 Å². The van der Waals surface area contributed by atoms with Crippen molar-refractivity contribution in [2.24, 2.45) is 5.92 Å². The first-order valence-corrected chi connectivity index (χ1v) is 11.7. The molecule has 0 spiro atoms. The first kappa shape index (κ1) is 20.9. The maximum atomic E-state index is 13.0. The fourth-order valence-corrected chi connectivity index (χ4v) is 4.88. The number of amides is 1. The molecule has 6 nitrogen and oxygen atoms in total. The summed E-state index contributed by atoms with van der Waals surface area (Å²) in [5, 5.41) is 7.49. The Morgan fingerprint density at radius 2 is 1.88 bits per heavy atom. The summed E-state index contributed by atoms with van der Waals surface area (Å²) in [6.07, 6.45) is 5.01. The van der Waals surface area contributed by atoms with E-state index in [4.69, 9.17) is 4.52 Å². The number of hydrogen-bond acceptors (Lipinski definition) is 5. The van der Waals surface area contributed by atoms with Crippen molar-refractivity contribution in [2.45, 2.75) is 51.6 Å². The van der Waals surface area contributed by atoms with E-state index in [1.807, 2.05) is 24.3 Å². The lowest BCUT2D eigenvalue weighted by Gasteiger charge is -2.32. The molecule has 2 aromatic carbocycles. The lowest BCUT2D eigenvalue weighted by atomic mass is 9.87. The molecule has 1 N–H and O–H groups in total. The van der Waals surface area contributed by atoms with Crippen LogP contribution in [0.5, 0.6) is 0 Å². The van der Waals surface area contributed by atoms with E-state index in [1.54, 1.807) is 0 Å². The van der Waals surface area contributed by atoms with Crippen LogP contribution in [0.4, 0.5) is 0 Å². The van der Waals surface area contributed by atoms with Gasteiger partial charge in [0.25, 0.3) is 5.89 Å². The third-order valence-electron chi connectivity index (χ3n) is 6.78. The Bertz CT molecular complexity index is 1070. The van der Waals surface area contributed by atoms with Crippen LogP contribution >= 0.6 is 0 Å². The van der Waals surface area contributed by atoms with Crippen LogP contribution in [0.1, 0.15) is 54.2 Å². The number of piperidine rings is 1. The monoisotopic (exact) mass is 430 g/mol. The summed E-state index contributed by atoms with van der Waals surface area (Å²) < 4.78 is 5.45. The molecule has 2 aliphatic rings. The molecule has 0 bridgehead atoms. The van der Waals surface area contributed by atoms with Gasteiger partial charge in [-0.3, -0.25) is 9.69 Å². The lowest BCUT2D eigenvalue weighted by Crippen LogP contribution is -2.42. The predicted molar refractivity (Wildman–Crippen MR) is 123 cm³/mol. The van der Waals surface area contributed by atoms with Gasteiger partial charge in [0.15, 0.2) is 5.82 Å². The second kappa shape index (κ2) is 9.25. The maximum absolute atomic E-state index is 13.0. The Morgan fingerprint density at radius 1 is 1.09 bits per heavy atom. The van der Waals surface area contributed by atoms with Gasteiger partial charge in [-0.15, -0.1) is 0 Å². The van der Waals surface area contributed by atoms with Crippen LogP contribution in [0.15, 0.2) is 53.1 Å². The highest BCUT2D eigenvalue weighted by Crippen LogP contribution is 2.30. The number of carbonyl (C=O) groups excluding carboxylic acids is 1. The van der Waals surface area contributed by atoms with E-state index in [2.05, 4.69) is 51.5 Å². The Kier molecular flexibility index (Phi) is 6.04. The molecule has 1 aliphatic heterocycles. The number of aromatic nitrogens is 2. The van der Waals surface area contributed by atoms with Crippen molar-refractivity contribution in [3.63, 3.8) is 0 Å². The fraction of sp³-hybridized carbons (Fsp3) is 0.423. The molecule has 0 radical (unpaired) electrons. The Balaban J connectivity index is 1.13. The van der Waals surface area contributed by atoms with Gasteiger partial charge in [0.05, 0.1) is 12.6 Å². The molecule has 1 aliphatic carbocycles. The summed E-state index contributed by atoms with van der Waals surface area (Å²) in [5.41, 5.74) is 4.82. The number of hydrogen-bond donors (Lipinski definition) is 1. The molecular weight excluding hydrogens is 400 g/mol. The van der Waals surface area contributed by atoms with E-state index < -0.39 is 0 Å². The SMILES string of the molecule is Cc1ccc(-c2nc(CN3CCC(C(=O)N[C@@H]4CCCc5ccccc54)CC3)no2)cc1. The number of fused-ring (bicyclic) bond motifs is 1. The van der Waals surface area contributed by atoms with Gasteiger partial charge in [0, 0.05) is 11.5 Å². The molecule has 166 valence electrons. The van der Waals surface area contributed by atoms with E-state index in [1.165, 1.54) is 16.7 Å². The van der Waals surface area contributed by atoms with E-state index >= 15 is 0 Å². The Morgan fingerprint density at radius 3 is 2.69 bits per heavy atom. The minimum atomic E-state index is 0.0775. The second-order valence-electron chi connectivity index (χ2n) is 9.08. The second-order valence-corrected chi connectivity index (χ2v) is 9.08. The van der Waals surface area contributed by atoms with Gasteiger partial charge >= 0.3 is 0 Å². The largest absolute Gasteiger partial charge is 0.349 e. The number of aryl methyl sites for hydroxylation is 2. The highest BCUT2D eigenvalue weighted by molar-refractivity contribution is 5.79. The summed E-state index contributed by atoms with van der Waals surface area (Å²) in [6.45, 7) is 4.45. The molecule has 1 atom stereocenters. The van der Waals surface area contributed by atoms with Gasteiger partial charge in [0.2, 0.25) is 5.91 Å². The molecule has 0 saturated carbocycles. The molecule has 2 heterocycles. The smallest absolute Gasteiger partial charge is 0.257 e. The quantitative estimate of drug-likeness (QED) is 0.647. The van der Waals surface area contributed by atoms with Crippen molar-refractivity contribution in [1.82, 2.24) is 20.4 Å². The van der Waals surface area contributed by atoms with Gasteiger partial charge in [0.1, 0.15) is 0 Å². The normalized spacial score (nSPS) is 19.5. The molecule has 6 heteroatoms. The van der Waals surface area contributed by atoms with Gasteiger partial charge in [-0.05, 0) is 75.4 Å². The standard InChI is InChI=1S/C26H30N4O2/c1-18-9-11-21(12-10-18)26-28-24(29-32-26)17-30-15-13-20(14-16-30)25(31)27-23-8-4-6-19-5-2-3-7-22(19)23/h2-3,5,7,9-12,20,23H,4,6,8,13-17H2,1H3,(H,27,31)/t23-/m1/s1. The van der Waals surface area contributed by atoms with Crippen LogP contribution < -0.4 is 5.32 Å². The molecule has 1 aromatic heterocycles. The third kappa shape index (κ3) is 4.60. The van der Waals surface area contributed by atoms with Crippen molar-refractivity contribution in [3.05, 3.63) is 71.0 Å². The van der Waals surface area contributed by atoms with Gasteiger partial charge in [-0.1, -0.05) is 47.1 Å². The van der Waals surface area contributed by atoms with Crippen molar-refractivity contribution in [2.75, 3.05) is 13.1 Å². The van der Waals surface area contributed by atoms with Crippen LogP contribution in [0.2, 0.25) is 0 Å². The zero-order chi connectivity index (χ0) is 21.9. The molecule has 0 unspecified atom stereocenters. The molecule has 5 rings (SSSR count). The average molecular weight is 431 g/mol. The number of carbonyl (C=O) groups is 1. The molecular formula is C26H30N4O2. The van der Waals surface area contributed by atoms with Crippen LogP contribution in [0.3, 0.4) is 0 Å². The van der Waals surface area contributed by atoms with E-state index in [0.29, 0.717) is 18.3 Å². The first-order valence-electron chi connectivity index (χ1n) is 11.7. The maximum Gasteiger partial charge on any atom is 0.257 e. The fourth-order valence-electron chi connectivity index (χ4n) is 4.88. The number of rotatable bonds is 5. The summed E-state index contributed by atoms with van der Waals surface area (Å²) in [6, 6.07) is 16.8. The van der Waals surface area contributed by atoms with Gasteiger partial charge < -0.3 is 9.84 Å². The van der Waals surface area contributed by atoms with E-state index in [9.17, 15) is 4.79 Å². The number of nitrogens with zero attached hydrogens (tertiary/aromatic N) is 3. The zero-order valence-electron chi connectivity index (χ0n) is 18.6. The summed E-state index contributed by atoms with van der Waals surface area (Å²) in [5.74, 6) is 1.53. The number of likely N-dealkylation sites (tertiary alicyclic amines) is 1. The average Bonchev–Trinajstić information content (AvgIpc) is 3.29. The minimum absolute atomic E-state index is 0.0775. The van der Waals surface area contributed by atoms with Crippen molar-refractivity contribution in [1.29, 1.82) is 0 Å². The molecule has 1 amide bonds. The topological polar surface area (TPSA) is 71.3 Å². The van der Waals surface area contributed by atoms with E-state index in [-0.39, 0.29) is 17.9 Å². The predicted octanol–water partition coefficient (Wildman–Crippen LogP) is 4.45. The van der Waals surface area contributed by atoms with Crippen LogP contribution in [-0.2, 0) is 17.8 Å². The minimum Gasteiger partial charge on any atom is -0.349 e. The number of benzene rings is 2. The van der Waals surface area contributed by atoms with Crippen molar-refractivity contribution < 1.29 is 9.32 Å². The Labute approximate surface area is 189 Å².